The number of rotatable bonds is 6. The highest BCUT2D eigenvalue weighted by Crippen LogP contribution is 2.31. The van der Waals surface area contributed by atoms with E-state index in [0.29, 0.717) is 6.61 Å². The lowest BCUT2D eigenvalue weighted by Gasteiger charge is -2.13. The van der Waals surface area contributed by atoms with Gasteiger partial charge in [0.15, 0.2) is 0 Å². The molecule has 0 aromatic heterocycles. The van der Waals surface area contributed by atoms with Crippen molar-refractivity contribution in [2.75, 3.05) is 20.8 Å². The Morgan fingerprint density at radius 2 is 1.42 bits per heavy atom. The maximum atomic E-state index is 5.27. The van der Waals surface area contributed by atoms with Crippen LogP contribution < -0.4 is 4.74 Å². The second kappa shape index (κ2) is 7.80. The van der Waals surface area contributed by atoms with Crippen LogP contribution in [-0.2, 0) is 11.2 Å². The standard InChI is InChI=1S/C22H22O2/c1-23-15-14-19-8-9-20(17-6-4-3-5-7-17)16-22(19)18-10-12-21(24-2)13-11-18/h3-13,16H,14-15H2,1-2H3. The first-order valence-corrected chi connectivity index (χ1v) is 8.13. The van der Waals surface area contributed by atoms with Gasteiger partial charge in [-0.3, -0.25) is 0 Å². The predicted molar refractivity (Wildman–Crippen MR) is 99.4 cm³/mol. The summed E-state index contributed by atoms with van der Waals surface area (Å²) in [6.07, 6.45) is 0.896. The average Bonchev–Trinajstić information content (AvgIpc) is 2.67. The van der Waals surface area contributed by atoms with Gasteiger partial charge in [0.05, 0.1) is 13.7 Å². The summed E-state index contributed by atoms with van der Waals surface area (Å²) in [5.41, 5.74) is 6.19. The molecule has 0 fully saturated rings. The smallest absolute Gasteiger partial charge is 0.118 e. The van der Waals surface area contributed by atoms with Gasteiger partial charge in [-0.05, 0) is 52.4 Å². The summed E-state index contributed by atoms with van der Waals surface area (Å²) in [7, 11) is 3.43. The lowest BCUT2D eigenvalue weighted by Crippen LogP contribution is -1.97. The molecular formula is C22H22O2. The molecule has 0 unspecified atom stereocenters. The van der Waals surface area contributed by atoms with Crippen LogP contribution in [0, 0.1) is 0 Å². The van der Waals surface area contributed by atoms with Crippen LogP contribution in [0.4, 0.5) is 0 Å². The molecule has 0 aliphatic heterocycles. The first-order valence-electron chi connectivity index (χ1n) is 8.13. The van der Waals surface area contributed by atoms with Gasteiger partial charge in [0.2, 0.25) is 0 Å². The summed E-state index contributed by atoms with van der Waals surface area (Å²) in [4.78, 5) is 0. The summed E-state index contributed by atoms with van der Waals surface area (Å²) in [5, 5.41) is 0. The van der Waals surface area contributed by atoms with Crippen molar-refractivity contribution in [2.45, 2.75) is 6.42 Å². The van der Waals surface area contributed by atoms with Crippen molar-refractivity contribution in [2.24, 2.45) is 0 Å². The summed E-state index contributed by atoms with van der Waals surface area (Å²) in [5.74, 6) is 0.872. The molecule has 0 N–H and O–H groups in total. The highest BCUT2D eigenvalue weighted by molar-refractivity contribution is 5.76. The Hall–Kier alpha value is -2.58. The first kappa shape index (κ1) is 16.3. The monoisotopic (exact) mass is 318 g/mol. The molecule has 2 heteroatoms. The zero-order chi connectivity index (χ0) is 16.8. The van der Waals surface area contributed by atoms with Gasteiger partial charge in [-0.25, -0.2) is 0 Å². The maximum Gasteiger partial charge on any atom is 0.118 e. The van der Waals surface area contributed by atoms with Crippen molar-refractivity contribution in [3.05, 3.63) is 78.4 Å². The second-order valence-corrected chi connectivity index (χ2v) is 5.71. The van der Waals surface area contributed by atoms with Gasteiger partial charge < -0.3 is 9.47 Å². The Bertz CT molecular complexity index is 777. The third-order valence-electron chi connectivity index (χ3n) is 4.19. The SMILES string of the molecule is COCCc1ccc(-c2ccccc2)cc1-c1ccc(OC)cc1. The fourth-order valence-electron chi connectivity index (χ4n) is 2.86. The van der Waals surface area contributed by atoms with Gasteiger partial charge >= 0.3 is 0 Å². The molecule has 0 saturated carbocycles. The van der Waals surface area contributed by atoms with Crippen molar-refractivity contribution in [3.63, 3.8) is 0 Å². The summed E-state index contributed by atoms with van der Waals surface area (Å²) in [6, 6.07) is 25.4. The van der Waals surface area contributed by atoms with Crippen LogP contribution >= 0.6 is 0 Å². The maximum absolute atomic E-state index is 5.27. The Morgan fingerprint density at radius 1 is 0.708 bits per heavy atom. The lowest BCUT2D eigenvalue weighted by molar-refractivity contribution is 0.202. The largest absolute Gasteiger partial charge is 0.497 e. The predicted octanol–water partition coefficient (Wildman–Crippen LogP) is 5.22. The van der Waals surface area contributed by atoms with Crippen LogP contribution in [-0.4, -0.2) is 20.8 Å². The van der Waals surface area contributed by atoms with E-state index in [9.17, 15) is 0 Å². The van der Waals surface area contributed by atoms with Crippen molar-refractivity contribution in [1.82, 2.24) is 0 Å². The Kier molecular flexibility index (Phi) is 5.29. The molecule has 0 bridgehead atoms. The van der Waals surface area contributed by atoms with Crippen LogP contribution in [0.1, 0.15) is 5.56 Å². The van der Waals surface area contributed by atoms with Crippen molar-refractivity contribution in [3.8, 4) is 28.0 Å². The Morgan fingerprint density at radius 3 is 2.08 bits per heavy atom. The molecule has 0 aliphatic rings. The minimum Gasteiger partial charge on any atom is -0.497 e. The van der Waals surface area contributed by atoms with E-state index in [4.69, 9.17) is 9.47 Å². The molecular weight excluding hydrogens is 296 g/mol. The van der Waals surface area contributed by atoms with Gasteiger partial charge in [-0.15, -0.1) is 0 Å². The van der Waals surface area contributed by atoms with Crippen molar-refractivity contribution in [1.29, 1.82) is 0 Å². The topological polar surface area (TPSA) is 18.5 Å². The van der Waals surface area contributed by atoms with Crippen LogP contribution in [0.3, 0.4) is 0 Å². The zero-order valence-electron chi connectivity index (χ0n) is 14.2. The van der Waals surface area contributed by atoms with E-state index in [1.807, 2.05) is 18.2 Å². The van der Waals surface area contributed by atoms with E-state index in [0.717, 1.165) is 12.2 Å². The Labute approximate surface area is 143 Å². The molecule has 3 aromatic rings. The highest BCUT2D eigenvalue weighted by Gasteiger charge is 2.08. The molecule has 0 radical (unpaired) electrons. The first-order chi connectivity index (χ1) is 11.8. The van der Waals surface area contributed by atoms with Gasteiger partial charge in [0.1, 0.15) is 5.75 Å². The molecule has 24 heavy (non-hydrogen) atoms. The van der Waals surface area contributed by atoms with E-state index in [1.165, 1.54) is 27.8 Å². The normalized spacial score (nSPS) is 10.6. The molecule has 0 atom stereocenters. The number of hydrogen-bond donors (Lipinski definition) is 0. The molecule has 3 aromatic carbocycles. The minimum atomic E-state index is 0.716. The number of benzene rings is 3. The zero-order valence-corrected chi connectivity index (χ0v) is 14.2. The fraction of sp³-hybridized carbons (Fsp3) is 0.182. The molecule has 0 amide bonds. The van der Waals surface area contributed by atoms with Crippen LogP contribution in [0.25, 0.3) is 22.3 Å². The second-order valence-electron chi connectivity index (χ2n) is 5.71. The quantitative estimate of drug-likeness (QED) is 0.620. The molecule has 0 spiro atoms. The van der Waals surface area contributed by atoms with Gasteiger partial charge in [0.25, 0.3) is 0 Å². The van der Waals surface area contributed by atoms with Gasteiger partial charge in [-0.2, -0.15) is 0 Å². The molecule has 0 aliphatic carbocycles. The third-order valence-corrected chi connectivity index (χ3v) is 4.19. The minimum absolute atomic E-state index is 0.716. The molecule has 0 heterocycles. The molecule has 122 valence electrons. The summed E-state index contributed by atoms with van der Waals surface area (Å²) in [6.45, 7) is 0.716. The van der Waals surface area contributed by atoms with E-state index < -0.39 is 0 Å². The number of hydrogen-bond acceptors (Lipinski definition) is 2. The van der Waals surface area contributed by atoms with Gasteiger partial charge in [0, 0.05) is 7.11 Å². The molecule has 3 rings (SSSR count). The van der Waals surface area contributed by atoms with Crippen molar-refractivity contribution < 1.29 is 9.47 Å². The van der Waals surface area contributed by atoms with Crippen molar-refractivity contribution >= 4 is 0 Å². The molecule has 2 nitrogen and oxygen atoms in total. The third kappa shape index (κ3) is 3.66. The van der Waals surface area contributed by atoms with E-state index in [1.54, 1.807) is 14.2 Å². The number of ether oxygens (including phenoxy) is 2. The summed E-state index contributed by atoms with van der Waals surface area (Å²) >= 11 is 0. The van der Waals surface area contributed by atoms with Gasteiger partial charge in [-0.1, -0.05) is 54.6 Å². The van der Waals surface area contributed by atoms with Crippen LogP contribution in [0.2, 0.25) is 0 Å². The summed E-state index contributed by atoms with van der Waals surface area (Å²) < 4.78 is 10.5. The van der Waals surface area contributed by atoms with E-state index in [2.05, 4.69) is 54.6 Å². The van der Waals surface area contributed by atoms with Crippen LogP contribution in [0.15, 0.2) is 72.8 Å². The fourth-order valence-corrected chi connectivity index (χ4v) is 2.86. The highest BCUT2D eigenvalue weighted by atomic mass is 16.5. The average molecular weight is 318 g/mol. The Balaban J connectivity index is 2.04. The molecule has 0 saturated heterocycles. The number of methoxy groups -OCH3 is 2. The van der Waals surface area contributed by atoms with E-state index >= 15 is 0 Å². The lowest BCUT2D eigenvalue weighted by atomic mass is 9.93. The van der Waals surface area contributed by atoms with E-state index in [-0.39, 0.29) is 0 Å². The van der Waals surface area contributed by atoms with Crippen LogP contribution in [0.5, 0.6) is 5.75 Å².